The molecule has 0 saturated heterocycles. The van der Waals surface area contributed by atoms with Gasteiger partial charge in [0.15, 0.2) is 20.7 Å². The van der Waals surface area contributed by atoms with Gasteiger partial charge in [0.1, 0.15) is 11.3 Å². The summed E-state index contributed by atoms with van der Waals surface area (Å²) in [6, 6.07) is 3.14. The highest BCUT2D eigenvalue weighted by molar-refractivity contribution is 7.90. The van der Waals surface area contributed by atoms with E-state index in [0.717, 1.165) is 23.2 Å². The molecule has 174 valence electrons. The van der Waals surface area contributed by atoms with Crippen LogP contribution in [0.25, 0.3) is 11.1 Å². The van der Waals surface area contributed by atoms with E-state index in [1.165, 1.54) is 6.07 Å². The van der Waals surface area contributed by atoms with Crippen LogP contribution in [-0.4, -0.2) is 64.2 Å². The molecule has 1 aliphatic heterocycles. The third kappa shape index (κ3) is 4.82. The molecule has 3 aromatic rings. The fourth-order valence-corrected chi connectivity index (χ4v) is 4.20. The van der Waals surface area contributed by atoms with E-state index in [2.05, 4.69) is 20.3 Å². The summed E-state index contributed by atoms with van der Waals surface area (Å²) in [5.41, 5.74) is 3.00. The van der Waals surface area contributed by atoms with Crippen LogP contribution in [0.4, 0.5) is 16.3 Å². The number of pyridine rings is 1. The van der Waals surface area contributed by atoms with Crippen LogP contribution in [-0.2, 0) is 14.6 Å². The molecule has 0 aliphatic carbocycles. The number of aryl methyl sites for hydroxylation is 1. The topological polar surface area (TPSA) is 119 Å². The van der Waals surface area contributed by atoms with Gasteiger partial charge in [0.05, 0.1) is 23.7 Å². The minimum atomic E-state index is -3.38. The lowest BCUT2D eigenvalue weighted by atomic mass is 10.1. The van der Waals surface area contributed by atoms with E-state index in [0.29, 0.717) is 36.7 Å². The SMILES string of the molecule is Cc1nc(S(C)(=O)=O)ccc1Nc1nccn2c(C3=CCN(C(=O)OC(C)C)CC3)ncc12. The Kier molecular flexibility index (Phi) is 6.07. The van der Waals surface area contributed by atoms with Gasteiger partial charge >= 0.3 is 6.09 Å². The van der Waals surface area contributed by atoms with Crippen molar-refractivity contribution in [2.45, 2.75) is 38.3 Å². The number of amides is 1. The Morgan fingerprint density at radius 1 is 1.24 bits per heavy atom. The fourth-order valence-electron chi connectivity index (χ4n) is 3.58. The number of sulfone groups is 1. The zero-order chi connectivity index (χ0) is 23.8. The number of rotatable bonds is 5. The van der Waals surface area contributed by atoms with Gasteiger partial charge in [-0.25, -0.2) is 28.2 Å². The average Bonchev–Trinajstić information content (AvgIpc) is 3.19. The number of nitrogens with zero attached hydrogens (tertiary/aromatic N) is 5. The zero-order valence-electron chi connectivity index (χ0n) is 18.9. The van der Waals surface area contributed by atoms with Crippen LogP contribution in [0.15, 0.2) is 41.8 Å². The van der Waals surface area contributed by atoms with E-state index in [9.17, 15) is 13.2 Å². The minimum absolute atomic E-state index is 0.0268. The summed E-state index contributed by atoms with van der Waals surface area (Å²) in [6.45, 7) is 6.42. The van der Waals surface area contributed by atoms with Gasteiger partial charge in [-0.05, 0) is 44.9 Å². The van der Waals surface area contributed by atoms with Gasteiger partial charge in [-0.3, -0.25) is 4.40 Å². The first-order valence-corrected chi connectivity index (χ1v) is 12.4. The van der Waals surface area contributed by atoms with Crippen molar-refractivity contribution < 1.29 is 17.9 Å². The lowest BCUT2D eigenvalue weighted by Crippen LogP contribution is -2.36. The summed E-state index contributed by atoms with van der Waals surface area (Å²) in [6.07, 6.45) is 8.56. The van der Waals surface area contributed by atoms with Crippen molar-refractivity contribution in [3.63, 3.8) is 0 Å². The van der Waals surface area contributed by atoms with Gasteiger partial charge in [0, 0.05) is 31.7 Å². The number of hydrogen-bond acceptors (Lipinski definition) is 8. The Balaban J connectivity index is 1.58. The molecule has 0 atom stereocenters. The smallest absolute Gasteiger partial charge is 0.410 e. The molecule has 3 aromatic heterocycles. The third-order valence-corrected chi connectivity index (χ3v) is 6.23. The minimum Gasteiger partial charge on any atom is -0.447 e. The van der Waals surface area contributed by atoms with Crippen LogP contribution in [0.1, 0.15) is 31.8 Å². The van der Waals surface area contributed by atoms with Crippen molar-refractivity contribution in [3.05, 3.63) is 48.3 Å². The van der Waals surface area contributed by atoms with Crippen LogP contribution in [0.2, 0.25) is 0 Å². The Hall–Kier alpha value is -3.47. The van der Waals surface area contributed by atoms with Gasteiger partial charge in [-0.15, -0.1) is 0 Å². The highest BCUT2D eigenvalue weighted by Crippen LogP contribution is 2.27. The number of carbonyl (C=O) groups excluding carboxylic acids is 1. The molecule has 0 fully saturated rings. The molecule has 0 saturated carbocycles. The zero-order valence-corrected chi connectivity index (χ0v) is 19.8. The first-order chi connectivity index (χ1) is 15.6. The largest absolute Gasteiger partial charge is 0.447 e. The predicted octanol–water partition coefficient (Wildman–Crippen LogP) is 3.21. The van der Waals surface area contributed by atoms with Crippen LogP contribution < -0.4 is 5.32 Å². The summed E-state index contributed by atoms with van der Waals surface area (Å²) < 4.78 is 30.7. The Labute approximate surface area is 192 Å². The van der Waals surface area contributed by atoms with Crippen LogP contribution >= 0.6 is 0 Å². The van der Waals surface area contributed by atoms with Crippen LogP contribution in [0.3, 0.4) is 0 Å². The summed E-state index contributed by atoms with van der Waals surface area (Å²) in [5.74, 6) is 1.36. The molecule has 0 bridgehead atoms. The number of anilines is 2. The van der Waals surface area contributed by atoms with Crippen LogP contribution in [0.5, 0.6) is 0 Å². The first-order valence-electron chi connectivity index (χ1n) is 10.5. The monoisotopic (exact) mass is 470 g/mol. The molecule has 0 spiro atoms. The summed E-state index contributed by atoms with van der Waals surface area (Å²) >= 11 is 0. The number of fused-ring (bicyclic) bond motifs is 1. The number of aromatic nitrogens is 4. The molecule has 1 N–H and O–H groups in total. The van der Waals surface area contributed by atoms with Gasteiger partial charge in [0.25, 0.3) is 0 Å². The molecule has 0 unspecified atom stereocenters. The molecule has 1 amide bonds. The average molecular weight is 471 g/mol. The van der Waals surface area contributed by atoms with E-state index < -0.39 is 9.84 Å². The molecule has 4 heterocycles. The van der Waals surface area contributed by atoms with Crippen molar-refractivity contribution in [1.29, 1.82) is 0 Å². The number of ether oxygens (including phenoxy) is 1. The maximum atomic E-state index is 12.1. The Bertz CT molecular complexity index is 1350. The number of carbonyl (C=O) groups is 1. The maximum absolute atomic E-state index is 12.1. The highest BCUT2D eigenvalue weighted by atomic mass is 32.2. The molecule has 0 radical (unpaired) electrons. The van der Waals surface area contributed by atoms with Crippen molar-refractivity contribution >= 4 is 38.5 Å². The second kappa shape index (κ2) is 8.81. The molecular weight excluding hydrogens is 444 g/mol. The lowest BCUT2D eigenvalue weighted by Gasteiger charge is -2.26. The van der Waals surface area contributed by atoms with E-state index in [4.69, 9.17) is 4.74 Å². The Morgan fingerprint density at radius 2 is 2.03 bits per heavy atom. The van der Waals surface area contributed by atoms with Gasteiger partial charge in [-0.1, -0.05) is 6.08 Å². The van der Waals surface area contributed by atoms with Gasteiger partial charge in [-0.2, -0.15) is 0 Å². The molecule has 33 heavy (non-hydrogen) atoms. The number of nitrogens with one attached hydrogen (secondary N) is 1. The fraction of sp³-hybridized carbons (Fsp3) is 0.364. The van der Waals surface area contributed by atoms with E-state index in [1.807, 2.05) is 30.5 Å². The van der Waals surface area contributed by atoms with Crippen molar-refractivity contribution in [2.24, 2.45) is 0 Å². The molecule has 0 aromatic carbocycles. The van der Waals surface area contributed by atoms with Gasteiger partial charge < -0.3 is 15.0 Å². The van der Waals surface area contributed by atoms with Crippen molar-refractivity contribution in [2.75, 3.05) is 24.7 Å². The van der Waals surface area contributed by atoms with Crippen molar-refractivity contribution in [1.82, 2.24) is 24.3 Å². The normalized spacial score (nSPS) is 14.5. The lowest BCUT2D eigenvalue weighted by molar-refractivity contribution is 0.0799. The first kappa shape index (κ1) is 22.7. The van der Waals surface area contributed by atoms with E-state index >= 15 is 0 Å². The van der Waals surface area contributed by atoms with E-state index in [-0.39, 0.29) is 17.2 Å². The van der Waals surface area contributed by atoms with Crippen LogP contribution in [0, 0.1) is 6.92 Å². The Morgan fingerprint density at radius 3 is 2.67 bits per heavy atom. The quantitative estimate of drug-likeness (QED) is 0.604. The van der Waals surface area contributed by atoms with E-state index in [1.54, 1.807) is 30.3 Å². The molecule has 11 heteroatoms. The second-order valence-electron chi connectivity index (χ2n) is 8.15. The molecule has 4 rings (SSSR count). The molecule has 10 nitrogen and oxygen atoms in total. The second-order valence-corrected chi connectivity index (χ2v) is 10.1. The van der Waals surface area contributed by atoms with Gasteiger partial charge in [0.2, 0.25) is 0 Å². The number of imidazole rings is 1. The standard InChI is InChI=1S/C22H26N6O4S/c1-14(2)32-22(29)27-10-7-16(8-11-27)21-24-13-18-20(23-9-12-28(18)21)26-17-5-6-19(25-15(17)3)33(4,30)31/h5-7,9,12-14H,8,10-11H2,1-4H3,(H,23,26). The summed E-state index contributed by atoms with van der Waals surface area (Å²) in [7, 11) is -3.38. The summed E-state index contributed by atoms with van der Waals surface area (Å²) in [4.78, 5) is 27.0. The maximum Gasteiger partial charge on any atom is 0.410 e. The van der Waals surface area contributed by atoms with Crippen molar-refractivity contribution in [3.8, 4) is 0 Å². The highest BCUT2D eigenvalue weighted by Gasteiger charge is 2.22. The predicted molar refractivity (Wildman–Crippen MR) is 124 cm³/mol. The molecule has 1 aliphatic rings. The number of hydrogen-bond donors (Lipinski definition) is 1. The summed E-state index contributed by atoms with van der Waals surface area (Å²) in [5, 5.41) is 3.26. The third-order valence-electron chi connectivity index (χ3n) is 5.24. The molecular formula is C22H26N6O4S.